The summed E-state index contributed by atoms with van der Waals surface area (Å²) in [5, 5.41) is 5.91. The molecular formula is C14H21ClN2O3. The topological polar surface area (TPSA) is 59.6 Å². The summed E-state index contributed by atoms with van der Waals surface area (Å²) >= 11 is 6.09. The summed E-state index contributed by atoms with van der Waals surface area (Å²) in [7, 11) is 0. The van der Waals surface area contributed by atoms with Gasteiger partial charge in [0.15, 0.2) is 5.75 Å². The molecule has 20 heavy (non-hydrogen) atoms. The monoisotopic (exact) mass is 300 g/mol. The van der Waals surface area contributed by atoms with E-state index in [4.69, 9.17) is 21.1 Å². The number of hydrogen-bond acceptors (Lipinski definition) is 3. The van der Waals surface area contributed by atoms with Crippen molar-refractivity contribution in [1.82, 2.24) is 5.32 Å². The van der Waals surface area contributed by atoms with Crippen molar-refractivity contribution in [3.63, 3.8) is 0 Å². The van der Waals surface area contributed by atoms with Crippen LogP contribution in [0, 0.1) is 0 Å². The van der Waals surface area contributed by atoms with Gasteiger partial charge in [-0.15, -0.1) is 0 Å². The van der Waals surface area contributed by atoms with E-state index in [9.17, 15) is 4.79 Å². The first kappa shape index (κ1) is 16.6. The predicted molar refractivity (Wildman–Crippen MR) is 80.8 cm³/mol. The average Bonchev–Trinajstić information content (AvgIpc) is 2.43. The summed E-state index contributed by atoms with van der Waals surface area (Å²) in [6.45, 7) is 6.01. The second-order valence-corrected chi connectivity index (χ2v) is 4.45. The number of carbonyl (C=O) groups is 1. The maximum Gasteiger partial charge on any atom is 0.319 e. The van der Waals surface area contributed by atoms with Crippen molar-refractivity contribution in [2.75, 3.05) is 31.7 Å². The molecule has 0 fully saturated rings. The summed E-state index contributed by atoms with van der Waals surface area (Å²) in [5.74, 6) is 0.459. The van der Waals surface area contributed by atoms with Crippen molar-refractivity contribution in [3.8, 4) is 5.75 Å². The molecular weight excluding hydrogens is 280 g/mol. The first-order chi connectivity index (χ1) is 9.69. The summed E-state index contributed by atoms with van der Waals surface area (Å²) < 4.78 is 10.8. The number of benzene rings is 1. The van der Waals surface area contributed by atoms with Gasteiger partial charge in [0.25, 0.3) is 0 Å². The van der Waals surface area contributed by atoms with Gasteiger partial charge in [-0.1, -0.05) is 24.6 Å². The molecule has 0 atom stereocenters. The highest BCUT2D eigenvalue weighted by atomic mass is 35.5. The molecule has 0 spiro atoms. The molecule has 0 saturated heterocycles. The van der Waals surface area contributed by atoms with Crippen LogP contribution < -0.4 is 15.4 Å². The zero-order valence-corrected chi connectivity index (χ0v) is 12.6. The molecule has 0 aromatic heterocycles. The minimum absolute atomic E-state index is 0.274. The van der Waals surface area contributed by atoms with Crippen LogP contribution in [0.1, 0.15) is 20.3 Å². The van der Waals surface area contributed by atoms with Crippen molar-refractivity contribution in [3.05, 3.63) is 23.2 Å². The van der Waals surface area contributed by atoms with Crippen molar-refractivity contribution in [2.45, 2.75) is 20.3 Å². The molecule has 112 valence electrons. The van der Waals surface area contributed by atoms with Crippen LogP contribution in [0.15, 0.2) is 18.2 Å². The first-order valence-electron chi connectivity index (χ1n) is 6.73. The number of amides is 2. The van der Waals surface area contributed by atoms with E-state index in [0.717, 1.165) is 6.42 Å². The van der Waals surface area contributed by atoms with E-state index in [1.165, 1.54) is 0 Å². The number of rotatable bonds is 8. The Morgan fingerprint density at radius 1 is 1.30 bits per heavy atom. The zero-order chi connectivity index (χ0) is 14.8. The highest BCUT2D eigenvalue weighted by Crippen LogP contribution is 2.32. The number of ether oxygens (including phenoxy) is 2. The fourth-order valence-electron chi connectivity index (χ4n) is 1.51. The van der Waals surface area contributed by atoms with Gasteiger partial charge in [0.05, 0.1) is 17.3 Å². The molecule has 0 radical (unpaired) electrons. The van der Waals surface area contributed by atoms with E-state index in [-0.39, 0.29) is 6.03 Å². The molecule has 1 aromatic carbocycles. The van der Waals surface area contributed by atoms with Crippen LogP contribution in [0.3, 0.4) is 0 Å². The second kappa shape index (κ2) is 9.44. The summed E-state index contributed by atoms with van der Waals surface area (Å²) in [4.78, 5) is 11.7. The molecule has 0 saturated carbocycles. The third-order valence-electron chi connectivity index (χ3n) is 2.43. The number of para-hydroxylation sites is 1. The minimum Gasteiger partial charge on any atom is -0.487 e. The highest BCUT2D eigenvalue weighted by Gasteiger charge is 2.11. The van der Waals surface area contributed by atoms with E-state index in [1.54, 1.807) is 18.2 Å². The van der Waals surface area contributed by atoms with E-state index < -0.39 is 0 Å². The van der Waals surface area contributed by atoms with E-state index in [0.29, 0.717) is 42.8 Å². The van der Waals surface area contributed by atoms with Crippen LogP contribution in [0.4, 0.5) is 10.5 Å². The molecule has 0 bridgehead atoms. The molecule has 1 rings (SSSR count). The zero-order valence-electron chi connectivity index (χ0n) is 11.9. The predicted octanol–water partition coefficient (Wildman–Crippen LogP) is 3.29. The molecule has 0 heterocycles. The van der Waals surface area contributed by atoms with Gasteiger partial charge in [0.1, 0.15) is 6.61 Å². The van der Waals surface area contributed by atoms with Gasteiger partial charge in [-0.25, -0.2) is 4.79 Å². The molecule has 0 aliphatic carbocycles. The Labute approximate surface area is 124 Å². The Morgan fingerprint density at radius 2 is 2.10 bits per heavy atom. The van der Waals surface area contributed by atoms with Gasteiger partial charge >= 0.3 is 6.03 Å². The number of carbonyl (C=O) groups excluding carboxylic acids is 1. The van der Waals surface area contributed by atoms with Gasteiger partial charge in [-0.3, -0.25) is 0 Å². The van der Waals surface area contributed by atoms with Gasteiger partial charge in [-0.2, -0.15) is 0 Å². The summed E-state index contributed by atoms with van der Waals surface area (Å²) in [6, 6.07) is 4.94. The largest absolute Gasteiger partial charge is 0.487 e. The van der Waals surface area contributed by atoms with Crippen LogP contribution in [-0.4, -0.2) is 32.4 Å². The van der Waals surface area contributed by atoms with Crippen molar-refractivity contribution < 1.29 is 14.3 Å². The number of halogens is 1. The standard InChI is InChI=1S/C14H21ClN2O3/c1-3-8-16-14(18)17-12-7-5-6-11(15)13(12)20-10-9-19-4-2/h5-7H,3-4,8-10H2,1-2H3,(H2,16,17,18). The van der Waals surface area contributed by atoms with Crippen molar-refractivity contribution in [2.24, 2.45) is 0 Å². The maximum atomic E-state index is 11.7. The number of nitrogens with one attached hydrogen (secondary N) is 2. The third-order valence-corrected chi connectivity index (χ3v) is 2.73. The Bertz CT molecular complexity index is 427. The second-order valence-electron chi connectivity index (χ2n) is 4.04. The molecule has 0 aliphatic heterocycles. The fourth-order valence-corrected chi connectivity index (χ4v) is 1.74. The van der Waals surface area contributed by atoms with E-state index in [2.05, 4.69) is 10.6 Å². The van der Waals surface area contributed by atoms with Gasteiger partial charge in [0, 0.05) is 13.2 Å². The molecule has 1 aromatic rings. The van der Waals surface area contributed by atoms with Gasteiger partial charge in [0.2, 0.25) is 0 Å². The van der Waals surface area contributed by atoms with Crippen molar-refractivity contribution in [1.29, 1.82) is 0 Å². The van der Waals surface area contributed by atoms with Crippen LogP contribution in [0.5, 0.6) is 5.75 Å². The molecule has 5 nitrogen and oxygen atoms in total. The lowest BCUT2D eigenvalue weighted by Crippen LogP contribution is -2.29. The lowest BCUT2D eigenvalue weighted by Gasteiger charge is -2.14. The van der Waals surface area contributed by atoms with Crippen LogP contribution in [0.2, 0.25) is 5.02 Å². The Kier molecular flexibility index (Phi) is 7.84. The van der Waals surface area contributed by atoms with Crippen molar-refractivity contribution >= 4 is 23.3 Å². The molecule has 6 heteroatoms. The summed E-state index contributed by atoms with van der Waals surface area (Å²) in [5.41, 5.74) is 0.544. The smallest absolute Gasteiger partial charge is 0.319 e. The highest BCUT2D eigenvalue weighted by molar-refractivity contribution is 6.32. The normalized spacial score (nSPS) is 10.2. The van der Waals surface area contributed by atoms with Crippen LogP contribution in [0.25, 0.3) is 0 Å². The molecule has 2 N–H and O–H groups in total. The van der Waals surface area contributed by atoms with E-state index >= 15 is 0 Å². The number of urea groups is 1. The van der Waals surface area contributed by atoms with E-state index in [1.807, 2.05) is 13.8 Å². The molecule has 2 amide bonds. The Hall–Kier alpha value is -1.46. The lowest BCUT2D eigenvalue weighted by atomic mass is 10.3. The first-order valence-corrected chi connectivity index (χ1v) is 7.10. The van der Waals surface area contributed by atoms with Gasteiger partial charge in [-0.05, 0) is 25.5 Å². The lowest BCUT2D eigenvalue weighted by molar-refractivity contribution is 0.110. The van der Waals surface area contributed by atoms with Crippen LogP contribution in [-0.2, 0) is 4.74 Å². The minimum atomic E-state index is -0.274. The number of anilines is 1. The molecule has 0 aliphatic rings. The Balaban J connectivity index is 2.64. The van der Waals surface area contributed by atoms with Crippen LogP contribution >= 0.6 is 11.6 Å². The number of hydrogen-bond donors (Lipinski definition) is 2. The third kappa shape index (κ3) is 5.67. The summed E-state index contributed by atoms with van der Waals surface area (Å²) in [6.07, 6.45) is 0.876. The average molecular weight is 301 g/mol. The molecule has 0 unspecified atom stereocenters. The maximum absolute atomic E-state index is 11.7. The fraction of sp³-hybridized carbons (Fsp3) is 0.500. The quantitative estimate of drug-likeness (QED) is 0.724. The van der Waals surface area contributed by atoms with Gasteiger partial charge < -0.3 is 20.1 Å². The SMILES string of the molecule is CCCNC(=O)Nc1cccc(Cl)c1OCCOCC. The Morgan fingerprint density at radius 3 is 2.80 bits per heavy atom.